The summed E-state index contributed by atoms with van der Waals surface area (Å²) in [4.78, 5) is 11.4. The van der Waals surface area contributed by atoms with Crippen molar-refractivity contribution in [3.05, 3.63) is 27.6 Å². The minimum Gasteiger partial charge on any atom is -0.375 e. The average Bonchev–Trinajstić information content (AvgIpc) is 2.28. The molecule has 0 aliphatic rings. The molecule has 1 aromatic carbocycles. The van der Waals surface area contributed by atoms with Gasteiger partial charge in [0.2, 0.25) is 5.91 Å². The molecule has 1 aromatic rings. The van der Waals surface area contributed by atoms with E-state index >= 15 is 0 Å². The lowest BCUT2D eigenvalue weighted by Crippen LogP contribution is -2.30. The summed E-state index contributed by atoms with van der Waals surface area (Å²) in [6, 6.07) is 4.44. The number of amides is 1. The number of unbranched alkanes of at least 4 members (excludes halogenated alkanes) is 1. The first kappa shape index (κ1) is 14.2. The van der Waals surface area contributed by atoms with E-state index in [0.717, 1.165) is 22.1 Å². The van der Waals surface area contributed by atoms with Crippen molar-refractivity contribution >= 4 is 34.2 Å². The summed E-state index contributed by atoms with van der Waals surface area (Å²) in [6.07, 6.45) is 2.05. The molecule has 0 atom stereocenters. The summed E-state index contributed by atoms with van der Waals surface area (Å²) in [5.41, 5.74) is 0.776. The Hall–Kier alpha value is -0.850. The van der Waals surface area contributed by atoms with E-state index in [1.165, 1.54) is 12.1 Å². The van der Waals surface area contributed by atoms with Crippen LogP contribution in [0.1, 0.15) is 19.8 Å². The number of anilines is 1. The van der Waals surface area contributed by atoms with E-state index in [1.807, 2.05) is 22.6 Å². The Morgan fingerprint density at radius 3 is 2.88 bits per heavy atom. The van der Waals surface area contributed by atoms with Gasteiger partial charge in [-0.1, -0.05) is 13.3 Å². The van der Waals surface area contributed by atoms with Crippen LogP contribution in [0.15, 0.2) is 18.2 Å². The standard InChI is InChI=1S/C12H16FIN2O/c1-2-3-6-15-12(17)8-16-11-5-4-9(13)7-10(11)14/h4-5,7,16H,2-3,6,8H2,1H3,(H,15,17). The number of halogens is 2. The predicted molar refractivity (Wildman–Crippen MR) is 75.5 cm³/mol. The third-order valence-electron chi connectivity index (χ3n) is 2.22. The Balaban J connectivity index is 2.37. The Morgan fingerprint density at radius 2 is 2.24 bits per heavy atom. The molecule has 5 heteroatoms. The van der Waals surface area contributed by atoms with E-state index in [1.54, 1.807) is 6.07 Å². The quantitative estimate of drug-likeness (QED) is 0.612. The summed E-state index contributed by atoms with van der Waals surface area (Å²) in [5.74, 6) is -0.314. The van der Waals surface area contributed by atoms with Crippen molar-refractivity contribution < 1.29 is 9.18 Å². The molecule has 0 bridgehead atoms. The zero-order chi connectivity index (χ0) is 12.7. The van der Waals surface area contributed by atoms with Crippen molar-refractivity contribution in [1.29, 1.82) is 0 Å². The number of hydrogen-bond acceptors (Lipinski definition) is 2. The second kappa shape index (κ2) is 7.47. The second-order valence-electron chi connectivity index (χ2n) is 3.68. The van der Waals surface area contributed by atoms with Gasteiger partial charge in [0.1, 0.15) is 5.82 Å². The van der Waals surface area contributed by atoms with Crippen molar-refractivity contribution in [3.63, 3.8) is 0 Å². The topological polar surface area (TPSA) is 41.1 Å². The van der Waals surface area contributed by atoms with Crippen LogP contribution in [-0.2, 0) is 4.79 Å². The minimum absolute atomic E-state index is 0.0430. The second-order valence-corrected chi connectivity index (χ2v) is 4.84. The number of benzene rings is 1. The normalized spacial score (nSPS) is 10.1. The van der Waals surface area contributed by atoms with Crippen molar-refractivity contribution in [2.24, 2.45) is 0 Å². The van der Waals surface area contributed by atoms with Crippen LogP contribution in [-0.4, -0.2) is 19.0 Å². The zero-order valence-corrected chi connectivity index (χ0v) is 11.9. The summed E-state index contributed by atoms with van der Waals surface area (Å²) >= 11 is 2.03. The molecule has 0 aromatic heterocycles. The first-order chi connectivity index (χ1) is 8.13. The summed E-state index contributed by atoms with van der Waals surface area (Å²) in [5, 5.41) is 5.79. The molecule has 2 N–H and O–H groups in total. The molecule has 1 amide bonds. The fourth-order valence-electron chi connectivity index (χ4n) is 1.28. The maximum Gasteiger partial charge on any atom is 0.239 e. The van der Waals surface area contributed by atoms with Crippen molar-refractivity contribution in [2.75, 3.05) is 18.4 Å². The first-order valence-electron chi connectivity index (χ1n) is 5.59. The Kier molecular flexibility index (Phi) is 6.25. The fourth-order valence-corrected chi connectivity index (χ4v) is 1.94. The number of nitrogens with one attached hydrogen (secondary N) is 2. The van der Waals surface area contributed by atoms with Crippen molar-refractivity contribution in [1.82, 2.24) is 5.32 Å². The smallest absolute Gasteiger partial charge is 0.239 e. The van der Waals surface area contributed by atoms with Gasteiger partial charge >= 0.3 is 0 Å². The van der Waals surface area contributed by atoms with E-state index in [2.05, 4.69) is 17.6 Å². The lowest BCUT2D eigenvalue weighted by Gasteiger charge is -2.09. The van der Waals surface area contributed by atoms with Gasteiger partial charge in [0, 0.05) is 15.8 Å². The molecule has 3 nitrogen and oxygen atoms in total. The SMILES string of the molecule is CCCCNC(=O)CNc1ccc(F)cc1I. The lowest BCUT2D eigenvalue weighted by atomic mass is 10.3. The highest BCUT2D eigenvalue weighted by molar-refractivity contribution is 14.1. The Morgan fingerprint density at radius 1 is 1.47 bits per heavy atom. The largest absolute Gasteiger partial charge is 0.375 e. The maximum absolute atomic E-state index is 12.8. The van der Waals surface area contributed by atoms with E-state index < -0.39 is 0 Å². The molecule has 0 aliphatic heterocycles. The molecule has 0 aliphatic carbocycles. The van der Waals surface area contributed by atoms with Crippen LogP contribution < -0.4 is 10.6 Å². The number of carbonyl (C=O) groups is 1. The van der Waals surface area contributed by atoms with Gasteiger partial charge in [-0.2, -0.15) is 0 Å². The third-order valence-corrected chi connectivity index (χ3v) is 3.12. The molecular formula is C12H16FIN2O. The molecule has 0 saturated carbocycles. The van der Waals surface area contributed by atoms with Crippen molar-refractivity contribution in [3.8, 4) is 0 Å². The first-order valence-corrected chi connectivity index (χ1v) is 6.67. The average molecular weight is 350 g/mol. The number of carbonyl (C=O) groups excluding carboxylic acids is 1. The number of rotatable bonds is 6. The molecule has 0 radical (unpaired) electrons. The summed E-state index contributed by atoms with van der Waals surface area (Å²) in [6.45, 7) is 2.99. The van der Waals surface area contributed by atoms with Gasteiger partial charge in [-0.3, -0.25) is 4.79 Å². The summed E-state index contributed by atoms with van der Waals surface area (Å²) < 4.78 is 13.6. The minimum atomic E-state index is -0.271. The van der Waals surface area contributed by atoms with Gasteiger partial charge in [0.15, 0.2) is 0 Å². The molecule has 17 heavy (non-hydrogen) atoms. The lowest BCUT2D eigenvalue weighted by molar-refractivity contribution is -0.119. The van der Waals surface area contributed by atoms with Crippen LogP contribution in [0.5, 0.6) is 0 Å². The third kappa shape index (κ3) is 5.34. The van der Waals surface area contributed by atoms with E-state index in [-0.39, 0.29) is 18.3 Å². The predicted octanol–water partition coefficient (Wildman–Crippen LogP) is 2.76. The van der Waals surface area contributed by atoms with Crippen LogP contribution in [0.4, 0.5) is 10.1 Å². The van der Waals surface area contributed by atoms with Crippen molar-refractivity contribution in [2.45, 2.75) is 19.8 Å². The van der Waals surface area contributed by atoms with Crippen LogP contribution in [0.25, 0.3) is 0 Å². The molecule has 0 heterocycles. The van der Waals surface area contributed by atoms with Gasteiger partial charge in [0.05, 0.1) is 6.54 Å². The molecule has 0 saturated heterocycles. The van der Waals surface area contributed by atoms with Crippen LogP contribution in [0, 0.1) is 9.39 Å². The highest BCUT2D eigenvalue weighted by atomic mass is 127. The van der Waals surface area contributed by atoms with E-state index in [0.29, 0.717) is 6.54 Å². The number of hydrogen-bond donors (Lipinski definition) is 2. The molecule has 0 spiro atoms. The van der Waals surface area contributed by atoms with E-state index in [4.69, 9.17) is 0 Å². The van der Waals surface area contributed by atoms with Gasteiger partial charge in [-0.05, 0) is 47.2 Å². The van der Waals surface area contributed by atoms with Gasteiger partial charge in [0.25, 0.3) is 0 Å². The molecule has 94 valence electrons. The highest BCUT2D eigenvalue weighted by Crippen LogP contribution is 2.18. The Bertz CT molecular complexity index is 385. The monoisotopic (exact) mass is 350 g/mol. The fraction of sp³-hybridized carbons (Fsp3) is 0.417. The van der Waals surface area contributed by atoms with Gasteiger partial charge < -0.3 is 10.6 Å². The Labute approximate surface area is 114 Å². The van der Waals surface area contributed by atoms with E-state index in [9.17, 15) is 9.18 Å². The summed E-state index contributed by atoms with van der Waals surface area (Å²) in [7, 11) is 0. The highest BCUT2D eigenvalue weighted by Gasteiger charge is 2.03. The molecule has 0 fully saturated rings. The van der Waals surface area contributed by atoms with Crippen LogP contribution in [0.3, 0.4) is 0 Å². The molecule has 0 unspecified atom stereocenters. The maximum atomic E-state index is 12.8. The van der Waals surface area contributed by atoms with Gasteiger partial charge in [-0.25, -0.2) is 4.39 Å². The van der Waals surface area contributed by atoms with Crippen LogP contribution in [0.2, 0.25) is 0 Å². The molecular weight excluding hydrogens is 334 g/mol. The van der Waals surface area contributed by atoms with Crippen LogP contribution >= 0.6 is 22.6 Å². The zero-order valence-electron chi connectivity index (χ0n) is 9.72. The van der Waals surface area contributed by atoms with Gasteiger partial charge in [-0.15, -0.1) is 0 Å². The molecule has 1 rings (SSSR count).